The van der Waals surface area contributed by atoms with E-state index in [0.29, 0.717) is 12.3 Å². The van der Waals surface area contributed by atoms with Crippen LogP contribution in [0, 0.1) is 0 Å². The molecule has 1 N–H and O–H groups in total. The van der Waals surface area contributed by atoms with E-state index in [1.54, 1.807) is 7.05 Å². The number of nitrogens with one attached hydrogen (secondary N) is 1. The maximum atomic E-state index is 10.9. The lowest BCUT2D eigenvalue weighted by molar-refractivity contribution is -0.825. The molecule has 2 atom stereocenters. The van der Waals surface area contributed by atoms with Gasteiger partial charge < -0.3 is 10.1 Å². The van der Waals surface area contributed by atoms with Crippen LogP contribution >= 0.6 is 0 Å². The number of quaternary nitrogens is 1. The van der Waals surface area contributed by atoms with E-state index in [2.05, 4.69) is 10.2 Å². The highest BCUT2D eigenvalue weighted by Gasteiger charge is 2.79. The molecule has 0 bridgehead atoms. The van der Waals surface area contributed by atoms with Crippen LogP contribution in [0.1, 0.15) is 12.8 Å². The van der Waals surface area contributed by atoms with Crippen molar-refractivity contribution in [2.75, 3.05) is 46.4 Å². The average Bonchev–Trinajstić information content (AvgIpc) is 2.90. The molecule has 2 unspecified atom stereocenters. The highest BCUT2D eigenvalue weighted by atomic mass is 16.5. The van der Waals surface area contributed by atoms with Gasteiger partial charge in [0.05, 0.1) is 26.2 Å². The molecule has 3 saturated heterocycles. The van der Waals surface area contributed by atoms with Crippen LogP contribution in [0.2, 0.25) is 0 Å². The highest BCUT2D eigenvalue weighted by Crippen LogP contribution is 2.57. The molecule has 1 spiro atoms. The highest BCUT2D eigenvalue weighted by molar-refractivity contribution is 5.66. The van der Waals surface area contributed by atoms with Crippen LogP contribution in [0.15, 0.2) is 0 Å². The van der Waals surface area contributed by atoms with Gasteiger partial charge in [-0.05, 0) is 0 Å². The molecule has 3 aliphatic rings. The van der Waals surface area contributed by atoms with Crippen LogP contribution in [0.25, 0.3) is 0 Å². The number of hydrogen-bond acceptors (Lipinski definition) is 3. The van der Waals surface area contributed by atoms with E-state index in [4.69, 9.17) is 4.74 Å². The SMILES string of the molecule is CNC(=O)OCCC[N+]12CCN3CCC31C2. The summed E-state index contributed by atoms with van der Waals surface area (Å²) in [5.74, 6) is 0. The molecule has 5 nitrogen and oxygen atoms in total. The molecule has 16 heavy (non-hydrogen) atoms. The molecule has 0 aromatic rings. The van der Waals surface area contributed by atoms with Crippen LogP contribution in [-0.4, -0.2) is 67.5 Å². The van der Waals surface area contributed by atoms with E-state index in [-0.39, 0.29) is 6.09 Å². The predicted molar refractivity (Wildman–Crippen MR) is 58.8 cm³/mol. The molecule has 90 valence electrons. The first-order chi connectivity index (χ1) is 7.72. The number of nitrogens with zero attached hydrogens (tertiary/aromatic N) is 2. The van der Waals surface area contributed by atoms with Gasteiger partial charge in [0, 0.05) is 26.4 Å². The Morgan fingerprint density at radius 3 is 3.00 bits per heavy atom. The second-order valence-electron chi connectivity index (χ2n) is 5.21. The van der Waals surface area contributed by atoms with Crippen LogP contribution in [0.5, 0.6) is 0 Å². The van der Waals surface area contributed by atoms with Crippen LogP contribution in [0.4, 0.5) is 4.79 Å². The van der Waals surface area contributed by atoms with Gasteiger partial charge in [0.25, 0.3) is 0 Å². The molecule has 3 fully saturated rings. The lowest BCUT2D eigenvalue weighted by Crippen LogP contribution is -2.51. The lowest BCUT2D eigenvalue weighted by atomic mass is 10.1. The number of alkyl carbamates (subject to hydrolysis) is 1. The Hall–Kier alpha value is -0.810. The van der Waals surface area contributed by atoms with Crippen molar-refractivity contribution < 1.29 is 14.0 Å². The second-order valence-corrected chi connectivity index (χ2v) is 5.21. The van der Waals surface area contributed by atoms with Crippen molar-refractivity contribution in [3.8, 4) is 0 Å². The zero-order valence-corrected chi connectivity index (χ0v) is 9.87. The number of ether oxygens (including phenoxy) is 1. The third kappa shape index (κ3) is 1.21. The Bertz CT molecular complexity index is 318. The molecule has 3 heterocycles. The van der Waals surface area contributed by atoms with Crippen molar-refractivity contribution in [3.05, 3.63) is 0 Å². The molecule has 0 aromatic heterocycles. The van der Waals surface area contributed by atoms with Gasteiger partial charge >= 0.3 is 6.09 Å². The largest absolute Gasteiger partial charge is 0.449 e. The molecule has 1 amide bonds. The van der Waals surface area contributed by atoms with Gasteiger partial charge in [-0.2, -0.15) is 0 Å². The van der Waals surface area contributed by atoms with E-state index in [1.165, 1.54) is 43.6 Å². The Morgan fingerprint density at radius 2 is 2.44 bits per heavy atom. The quantitative estimate of drug-likeness (QED) is 0.416. The third-order valence-electron chi connectivity index (χ3n) is 4.67. The zero-order valence-electron chi connectivity index (χ0n) is 9.87. The van der Waals surface area contributed by atoms with Gasteiger partial charge in [-0.15, -0.1) is 0 Å². The standard InChI is InChI=1S/C11H19N3O2/c1-12-10(15)16-8-2-6-14-7-5-13-4-3-11(13,14)9-14/h2-9H2,1H3/p+1. The molecular formula is C11H20N3O2+. The topological polar surface area (TPSA) is 41.6 Å². The van der Waals surface area contributed by atoms with Crippen LogP contribution in [-0.2, 0) is 4.74 Å². The summed E-state index contributed by atoms with van der Waals surface area (Å²) in [5.41, 5.74) is 0.549. The molecule has 0 aliphatic carbocycles. The Kier molecular flexibility index (Phi) is 2.16. The van der Waals surface area contributed by atoms with Gasteiger partial charge in [0.2, 0.25) is 5.66 Å². The van der Waals surface area contributed by atoms with Crippen molar-refractivity contribution in [2.45, 2.75) is 18.5 Å². The lowest BCUT2D eigenvalue weighted by Gasteiger charge is -2.33. The summed E-state index contributed by atoms with van der Waals surface area (Å²) >= 11 is 0. The summed E-state index contributed by atoms with van der Waals surface area (Å²) in [6.45, 7) is 6.95. The second kappa shape index (κ2) is 3.34. The summed E-state index contributed by atoms with van der Waals surface area (Å²) in [7, 11) is 1.59. The first-order valence-corrected chi connectivity index (χ1v) is 6.18. The normalized spacial score (nSPS) is 39.6. The fourth-order valence-electron chi connectivity index (χ4n) is 3.62. The molecule has 3 rings (SSSR count). The van der Waals surface area contributed by atoms with Crippen LogP contribution in [0.3, 0.4) is 0 Å². The number of carbonyl (C=O) groups is 1. The molecular weight excluding hydrogens is 206 g/mol. The first-order valence-electron chi connectivity index (χ1n) is 6.18. The van der Waals surface area contributed by atoms with Gasteiger partial charge in [-0.1, -0.05) is 0 Å². The molecule has 0 saturated carbocycles. The van der Waals surface area contributed by atoms with E-state index in [9.17, 15) is 4.79 Å². The summed E-state index contributed by atoms with van der Waals surface area (Å²) in [6.07, 6.45) is 2.05. The predicted octanol–water partition coefficient (Wildman–Crippen LogP) is -0.0215. The van der Waals surface area contributed by atoms with E-state index >= 15 is 0 Å². The summed E-state index contributed by atoms with van der Waals surface area (Å²) in [5, 5.41) is 2.46. The minimum Gasteiger partial charge on any atom is -0.449 e. The maximum Gasteiger partial charge on any atom is 0.406 e. The van der Waals surface area contributed by atoms with Gasteiger partial charge in [-0.3, -0.25) is 4.48 Å². The van der Waals surface area contributed by atoms with Gasteiger partial charge in [0.15, 0.2) is 6.54 Å². The number of carbonyl (C=O) groups excluding carboxylic acids is 1. The van der Waals surface area contributed by atoms with Crippen molar-refractivity contribution in [3.63, 3.8) is 0 Å². The minimum absolute atomic E-state index is 0.313. The number of hydrogen-bond donors (Lipinski definition) is 1. The third-order valence-corrected chi connectivity index (χ3v) is 4.67. The molecule has 0 radical (unpaired) electrons. The first kappa shape index (κ1) is 10.4. The zero-order chi connectivity index (χ0) is 11.2. The fourth-order valence-corrected chi connectivity index (χ4v) is 3.62. The van der Waals surface area contributed by atoms with Gasteiger partial charge in [0.1, 0.15) is 0 Å². The van der Waals surface area contributed by atoms with Crippen molar-refractivity contribution in [1.29, 1.82) is 0 Å². The van der Waals surface area contributed by atoms with E-state index in [0.717, 1.165) is 6.42 Å². The maximum absolute atomic E-state index is 10.9. The number of rotatable bonds is 4. The Morgan fingerprint density at radius 1 is 1.56 bits per heavy atom. The van der Waals surface area contributed by atoms with E-state index in [1.807, 2.05) is 0 Å². The molecule has 5 heteroatoms. The van der Waals surface area contributed by atoms with Gasteiger partial charge in [-0.25, -0.2) is 9.69 Å². The molecule has 3 aliphatic heterocycles. The number of amides is 1. The van der Waals surface area contributed by atoms with Crippen molar-refractivity contribution in [1.82, 2.24) is 10.2 Å². The molecule has 0 aromatic carbocycles. The summed E-state index contributed by atoms with van der Waals surface area (Å²) in [6, 6.07) is 0. The number of piperazine rings is 1. The summed E-state index contributed by atoms with van der Waals surface area (Å²) < 4.78 is 6.30. The Labute approximate surface area is 95.9 Å². The smallest absolute Gasteiger partial charge is 0.406 e. The Balaban J connectivity index is 1.42. The summed E-state index contributed by atoms with van der Waals surface area (Å²) in [4.78, 5) is 13.5. The monoisotopic (exact) mass is 226 g/mol. The van der Waals surface area contributed by atoms with E-state index < -0.39 is 0 Å². The fraction of sp³-hybridized carbons (Fsp3) is 0.909. The minimum atomic E-state index is -0.313. The van der Waals surface area contributed by atoms with Crippen molar-refractivity contribution >= 4 is 6.09 Å². The van der Waals surface area contributed by atoms with Crippen LogP contribution < -0.4 is 5.32 Å². The average molecular weight is 226 g/mol. The van der Waals surface area contributed by atoms with Crippen molar-refractivity contribution in [2.24, 2.45) is 0 Å².